The molecule has 1 amide bonds. The first-order valence-electron chi connectivity index (χ1n) is 11.7. The number of hydrogen-bond donors (Lipinski definition) is 0. The summed E-state index contributed by atoms with van der Waals surface area (Å²) in [5.41, 5.74) is 3.05. The van der Waals surface area contributed by atoms with E-state index >= 15 is 0 Å². The molecule has 1 fully saturated rings. The van der Waals surface area contributed by atoms with Crippen LogP contribution in [0.4, 0.5) is 0 Å². The lowest BCUT2D eigenvalue weighted by molar-refractivity contribution is -0.132. The predicted octanol–water partition coefficient (Wildman–Crippen LogP) is 3.38. The van der Waals surface area contributed by atoms with Gasteiger partial charge in [-0.3, -0.25) is 9.69 Å². The van der Waals surface area contributed by atoms with Crippen molar-refractivity contribution in [2.24, 2.45) is 0 Å². The highest BCUT2D eigenvalue weighted by Crippen LogP contribution is 2.25. The third-order valence-corrected chi connectivity index (χ3v) is 6.20. The van der Waals surface area contributed by atoms with E-state index in [-0.39, 0.29) is 5.91 Å². The van der Waals surface area contributed by atoms with Gasteiger partial charge in [0.15, 0.2) is 0 Å². The van der Waals surface area contributed by atoms with Gasteiger partial charge >= 0.3 is 0 Å². The predicted molar refractivity (Wildman–Crippen MR) is 129 cm³/mol. The second kappa shape index (κ2) is 11.2. The van der Waals surface area contributed by atoms with E-state index in [4.69, 9.17) is 14.0 Å². The van der Waals surface area contributed by atoms with Crippen molar-refractivity contribution in [2.45, 2.75) is 26.2 Å². The van der Waals surface area contributed by atoms with E-state index < -0.39 is 0 Å². The van der Waals surface area contributed by atoms with Crippen molar-refractivity contribution < 1.29 is 18.8 Å². The molecule has 1 saturated heterocycles. The first kappa shape index (κ1) is 23.8. The first-order valence-corrected chi connectivity index (χ1v) is 11.7. The summed E-state index contributed by atoms with van der Waals surface area (Å²) in [6.07, 6.45) is 2.01. The number of aromatic nitrogens is 2. The summed E-state index contributed by atoms with van der Waals surface area (Å²) < 4.78 is 16.1. The van der Waals surface area contributed by atoms with Gasteiger partial charge in [0.1, 0.15) is 11.5 Å². The summed E-state index contributed by atoms with van der Waals surface area (Å²) in [7, 11) is 3.23. The number of amides is 1. The maximum Gasteiger partial charge on any atom is 0.227 e. The summed E-state index contributed by atoms with van der Waals surface area (Å²) >= 11 is 0. The second-order valence-electron chi connectivity index (χ2n) is 8.56. The Morgan fingerprint density at radius 1 is 1.03 bits per heavy atom. The fraction of sp³-hybridized carbons (Fsp3) is 0.423. The molecule has 0 spiro atoms. The van der Waals surface area contributed by atoms with Gasteiger partial charge < -0.3 is 18.9 Å². The number of benzene rings is 2. The lowest BCUT2D eigenvalue weighted by atomic mass is 10.1. The lowest BCUT2D eigenvalue weighted by Gasteiger charge is -2.34. The van der Waals surface area contributed by atoms with Gasteiger partial charge in [0.25, 0.3) is 0 Å². The summed E-state index contributed by atoms with van der Waals surface area (Å²) in [5, 5.41) is 4.11. The van der Waals surface area contributed by atoms with Gasteiger partial charge in [0, 0.05) is 49.8 Å². The Balaban J connectivity index is 1.20. The molecule has 8 heteroatoms. The Kier molecular flexibility index (Phi) is 7.80. The number of hydrogen-bond acceptors (Lipinski definition) is 7. The van der Waals surface area contributed by atoms with Crippen LogP contribution in [0.5, 0.6) is 11.5 Å². The quantitative estimate of drug-likeness (QED) is 0.480. The van der Waals surface area contributed by atoms with Gasteiger partial charge in [0.05, 0.1) is 20.6 Å². The van der Waals surface area contributed by atoms with E-state index in [1.165, 1.54) is 5.56 Å². The molecule has 2 aromatic carbocycles. The normalized spacial score (nSPS) is 14.3. The molecule has 0 radical (unpaired) electrons. The fourth-order valence-corrected chi connectivity index (χ4v) is 4.12. The molecule has 0 saturated carbocycles. The monoisotopic (exact) mass is 464 g/mol. The topological polar surface area (TPSA) is 80.9 Å². The minimum atomic E-state index is 0.123. The van der Waals surface area contributed by atoms with Crippen molar-refractivity contribution >= 4 is 5.91 Å². The van der Waals surface area contributed by atoms with Crippen LogP contribution < -0.4 is 9.47 Å². The maximum absolute atomic E-state index is 12.8. The largest absolute Gasteiger partial charge is 0.497 e. The molecule has 8 nitrogen and oxygen atoms in total. The minimum absolute atomic E-state index is 0.123. The SMILES string of the molecule is COc1ccc(CC(=O)N2CCN(CCCc3nc(-c4ccc(C)cc4)no3)CC2)c(OC)c1. The number of rotatable bonds is 9. The molecule has 1 aliphatic heterocycles. The number of aryl methyl sites for hydroxylation is 2. The van der Waals surface area contributed by atoms with Crippen molar-refractivity contribution in [1.29, 1.82) is 0 Å². The van der Waals surface area contributed by atoms with E-state index in [9.17, 15) is 4.79 Å². The number of nitrogens with zero attached hydrogens (tertiary/aromatic N) is 4. The lowest BCUT2D eigenvalue weighted by Crippen LogP contribution is -2.49. The fourth-order valence-electron chi connectivity index (χ4n) is 4.12. The Morgan fingerprint density at radius 3 is 2.50 bits per heavy atom. The van der Waals surface area contributed by atoms with Gasteiger partial charge in [-0.25, -0.2) is 0 Å². The third kappa shape index (κ3) is 5.94. The first-order chi connectivity index (χ1) is 16.6. The molecule has 2 heterocycles. The van der Waals surface area contributed by atoms with Crippen LogP contribution in [0.2, 0.25) is 0 Å². The Labute approximate surface area is 200 Å². The Hall–Kier alpha value is -3.39. The number of ether oxygens (including phenoxy) is 2. The minimum Gasteiger partial charge on any atom is -0.497 e. The molecule has 1 aromatic heterocycles. The highest BCUT2D eigenvalue weighted by Gasteiger charge is 2.22. The van der Waals surface area contributed by atoms with Crippen LogP contribution in [0.1, 0.15) is 23.4 Å². The molecule has 1 aliphatic rings. The van der Waals surface area contributed by atoms with E-state index in [0.29, 0.717) is 29.6 Å². The van der Waals surface area contributed by atoms with Gasteiger partial charge in [-0.1, -0.05) is 41.1 Å². The third-order valence-electron chi connectivity index (χ3n) is 6.20. The molecule has 0 N–H and O–H groups in total. The zero-order chi connectivity index (χ0) is 23.9. The molecule has 0 aliphatic carbocycles. The standard InChI is InChI=1S/C26H32N4O4/c1-19-6-8-20(9-7-19)26-27-24(34-28-26)5-4-12-29-13-15-30(16-14-29)25(31)17-21-10-11-22(32-2)18-23(21)33-3/h6-11,18H,4-5,12-17H2,1-3H3. The number of carbonyl (C=O) groups excluding carboxylic acids is 1. The van der Waals surface area contributed by atoms with Crippen LogP contribution in [-0.4, -0.2) is 72.8 Å². The van der Waals surface area contributed by atoms with E-state index in [2.05, 4.69) is 22.0 Å². The zero-order valence-electron chi connectivity index (χ0n) is 20.1. The second-order valence-corrected chi connectivity index (χ2v) is 8.56. The smallest absolute Gasteiger partial charge is 0.227 e. The van der Waals surface area contributed by atoms with Crippen molar-refractivity contribution in [3.63, 3.8) is 0 Å². The van der Waals surface area contributed by atoms with Crippen LogP contribution in [0.15, 0.2) is 47.0 Å². The van der Waals surface area contributed by atoms with Crippen molar-refractivity contribution in [3.8, 4) is 22.9 Å². The van der Waals surface area contributed by atoms with Gasteiger partial charge in [-0.2, -0.15) is 4.98 Å². The summed E-state index contributed by atoms with van der Waals surface area (Å²) in [6, 6.07) is 13.7. The average molecular weight is 465 g/mol. The molecule has 0 unspecified atom stereocenters. The Bertz CT molecular complexity index is 1090. The molecule has 0 atom stereocenters. The molecule has 34 heavy (non-hydrogen) atoms. The van der Waals surface area contributed by atoms with Gasteiger partial charge in [-0.15, -0.1) is 0 Å². The van der Waals surface area contributed by atoms with Crippen LogP contribution in [-0.2, 0) is 17.6 Å². The zero-order valence-corrected chi connectivity index (χ0v) is 20.1. The van der Waals surface area contributed by atoms with Crippen molar-refractivity contribution in [2.75, 3.05) is 46.9 Å². The number of methoxy groups -OCH3 is 2. The van der Waals surface area contributed by atoms with Crippen LogP contribution in [0.3, 0.4) is 0 Å². The van der Waals surface area contributed by atoms with Crippen molar-refractivity contribution in [1.82, 2.24) is 19.9 Å². The average Bonchev–Trinajstić information content (AvgIpc) is 3.34. The van der Waals surface area contributed by atoms with E-state index in [0.717, 1.165) is 56.7 Å². The molecular formula is C26H32N4O4. The molecule has 3 aromatic rings. The summed E-state index contributed by atoms with van der Waals surface area (Å²) in [5.74, 6) is 2.82. The van der Waals surface area contributed by atoms with Gasteiger partial charge in [0.2, 0.25) is 17.6 Å². The highest BCUT2D eigenvalue weighted by atomic mass is 16.5. The Morgan fingerprint density at radius 2 is 1.79 bits per heavy atom. The van der Waals surface area contributed by atoms with Crippen molar-refractivity contribution in [3.05, 3.63) is 59.5 Å². The summed E-state index contributed by atoms with van der Waals surface area (Å²) in [4.78, 5) is 21.7. The van der Waals surface area contributed by atoms with E-state index in [1.54, 1.807) is 14.2 Å². The van der Waals surface area contributed by atoms with Crippen LogP contribution in [0, 0.1) is 6.92 Å². The maximum atomic E-state index is 12.8. The molecular weight excluding hydrogens is 432 g/mol. The molecule has 180 valence electrons. The number of piperazine rings is 1. The van der Waals surface area contributed by atoms with Crippen LogP contribution >= 0.6 is 0 Å². The number of carbonyl (C=O) groups is 1. The van der Waals surface area contributed by atoms with Crippen LogP contribution in [0.25, 0.3) is 11.4 Å². The van der Waals surface area contributed by atoms with E-state index in [1.807, 2.05) is 47.4 Å². The highest BCUT2D eigenvalue weighted by molar-refractivity contribution is 5.79. The van der Waals surface area contributed by atoms with Gasteiger partial charge in [-0.05, 0) is 26.0 Å². The summed E-state index contributed by atoms with van der Waals surface area (Å²) in [6.45, 7) is 6.19. The molecule has 0 bridgehead atoms. The molecule has 4 rings (SSSR count).